The minimum absolute atomic E-state index is 0.00282. The highest BCUT2D eigenvalue weighted by atomic mass is 19.4. The molecule has 2 aromatic heterocycles. The summed E-state index contributed by atoms with van der Waals surface area (Å²) in [7, 11) is 0. The molecule has 142 valence electrons. The van der Waals surface area contributed by atoms with Crippen molar-refractivity contribution in [2.24, 2.45) is 0 Å². The summed E-state index contributed by atoms with van der Waals surface area (Å²) >= 11 is 0. The molecule has 0 saturated heterocycles. The topological polar surface area (TPSA) is 69.0 Å². The predicted octanol–water partition coefficient (Wildman–Crippen LogP) is 3.28. The fraction of sp³-hybridized carbons (Fsp3) is 0.278. The molecule has 0 aliphatic heterocycles. The lowest BCUT2D eigenvalue weighted by molar-refractivity contribution is -0.146. The van der Waals surface area contributed by atoms with Crippen LogP contribution in [0.3, 0.4) is 0 Å². The SMILES string of the molecule is CCOc1ccc(C(=O)NCCn2c(C(F)(F)F)nc3cccnc32)cc1. The second kappa shape index (κ2) is 7.65. The lowest BCUT2D eigenvalue weighted by atomic mass is 10.2. The van der Waals surface area contributed by atoms with Crippen molar-refractivity contribution in [3.05, 3.63) is 54.0 Å². The summed E-state index contributed by atoms with van der Waals surface area (Å²) in [6.45, 7) is 2.26. The average molecular weight is 378 g/mol. The Morgan fingerprint density at radius 1 is 1.22 bits per heavy atom. The molecule has 1 amide bonds. The lowest BCUT2D eigenvalue weighted by Crippen LogP contribution is -2.28. The molecule has 1 N–H and O–H groups in total. The number of carbonyl (C=O) groups excluding carboxylic acids is 1. The largest absolute Gasteiger partial charge is 0.494 e. The molecule has 0 saturated carbocycles. The Morgan fingerprint density at radius 2 is 1.96 bits per heavy atom. The highest BCUT2D eigenvalue weighted by Crippen LogP contribution is 2.30. The van der Waals surface area contributed by atoms with Gasteiger partial charge < -0.3 is 14.6 Å². The first kappa shape index (κ1) is 18.7. The Morgan fingerprint density at radius 3 is 2.63 bits per heavy atom. The number of nitrogens with zero attached hydrogens (tertiary/aromatic N) is 3. The van der Waals surface area contributed by atoms with Gasteiger partial charge in [0.1, 0.15) is 11.3 Å². The molecule has 0 radical (unpaired) electrons. The fourth-order valence-electron chi connectivity index (χ4n) is 2.64. The van der Waals surface area contributed by atoms with Crippen molar-refractivity contribution in [3.63, 3.8) is 0 Å². The maximum atomic E-state index is 13.2. The third kappa shape index (κ3) is 4.18. The number of halogens is 3. The predicted molar refractivity (Wildman–Crippen MR) is 92.5 cm³/mol. The van der Waals surface area contributed by atoms with E-state index in [9.17, 15) is 18.0 Å². The second-order valence-corrected chi connectivity index (χ2v) is 5.64. The second-order valence-electron chi connectivity index (χ2n) is 5.64. The minimum Gasteiger partial charge on any atom is -0.494 e. The van der Waals surface area contributed by atoms with Crippen LogP contribution < -0.4 is 10.1 Å². The minimum atomic E-state index is -4.61. The van der Waals surface area contributed by atoms with E-state index in [1.54, 1.807) is 24.3 Å². The molecule has 0 spiro atoms. The van der Waals surface area contributed by atoms with Crippen LogP contribution in [-0.4, -0.2) is 33.6 Å². The van der Waals surface area contributed by atoms with Crippen molar-refractivity contribution in [2.75, 3.05) is 13.2 Å². The summed E-state index contributed by atoms with van der Waals surface area (Å²) < 4.78 is 46.0. The zero-order valence-corrected chi connectivity index (χ0v) is 14.5. The van der Waals surface area contributed by atoms with Crippen LogP contribution in [0.15, 0.2) is 42.6 Å². The van der Waals surface area contributed by atoms with E-state index in [-0.39, 0.29) is 30.2 Å². The molecule has 0 fully saturated rings. The zero-order valence-electron chi connectivity index (χ0n) is 14.5. The molecule has 0 aliphatic rings. The van der Waals surface area contributed by atoms with Crippen molar-refractivity contribution in [2.45, 2.75) is 19.6 Å². The molecule has 0 unspecified atom stereocenters. The molecule has 9 heteroatoms. The molecule has 27 heavy (non-hydrogen) atoms. The number of amides is 1. The quantitative estimate of drug-likeness (QED) is 0.715. The molecular formula is C18H17F3N4O2. The Labute approximate surface area is 153 Å². The van der Waals surface area contributed by atoms with Gasteiger partial charge in [-0.1, -0.05) is 0 Å². The van der Waals surface area contributed by atoms with Crippen LogP contribution in [0.4, 0.5) is 13.2 Å². The molecule has 0 atom stereocenters. The summed E-state index contributed by atoms with van der Waals surface area (Å²) in [5.41, 5.74) is 0.672. The van der Waals surface area contributed by atoms with Crippen molar-refractivity contribution in [1.82, 2.24) is 19.9 Å². The number of ether oxygens (including phenoxy) is 1. The van der Waals surface area contributed by atoms with Crippen molar-refractivity contribution in [1.29, 1.82) is 0 Å². The van der Waals surface area contributed by atoms with Crippen LogP contribution in [0, 0.1) is 0 Å². The summed E-state index contributed by atoms with van der Waals surface area (Å²) in [5, 5.41) is 2.61. The van der Waals surface area contributed by atoms with E-state index in [2.05, 4.69) is 15.3 Å². The molecule has 6 nitrogen and oxygen atoms in total. The summed E-state index contributed by atoms with van der Waals surface area (Å²) in [6.07, 6.45) is -3.21. The Bertz CT molecular complexity index is 936. The maximum Gasteiger partial charge on any atom is 0.449 e. The Kier molecular flexibility index (Phi) is 5.29. The van der Waals surface area contributed by atoms with E-state index in [4.69, 9.17) is 4.74 Å². The van der Waals surface area contributed by atoms with Gasteiger partial charge >= 0.3 is 6.18 Å². The van der Waals surface area contributed by atoms with Crippen LogP contribution in [0.1, 0.15) is 23.1 Å². The first-order valence-corrected chi connectivity index (χ1v) is 8.29. The third-order valence-corrected chi connectivity index (χ3v) is 3.81. The summed E-state index contributed by atoms with van der Waals surface area (Å²) in [4.78, 5) is 19.8. The average Bonchev–Trinajstić information content (AvgIpc) is 3.02. The standard InChI is InChI=1S/C18H17F3N4O2/c1-2-27-13-7-5-12(6-8-13)16(26)23-10-11-25-15-14(4-3-9-22-15)24-17(25)18(19,20)21/h3-9H,2,10-11H2,1H3,(H,23,26). The van der Waals surface area contributed by atoms with Gasteiger partial charge in [-0.25, -0.2) is 9.97 Å². The number of hydrogen-bond acceptors (Lipinski definition) is 4. The Hall–Kier alpha value is -3.10. The van der Waals surface area contributed by atoms with Gasteiger partial charge in [-0.05, 0) is 43.3 Å². The van der Waals surface area contributed by atoms with Crippen LogP contribution >= 0.6 is 0 Å². The molecule has 1 aromatic carbocycles. The molecule has 3 rings (SSSR count). The summed E-state index contributed by atoms with van der Waals surface area (Å²) in [6, 6.07) is 9.49. The number of imidazole rings is 1. The first-order valence-electron chi connectivity index (χ1n) is 8.29. The van der Waals surface area contributed by atoms with Gasteiger partial charge in [0.15, 0.2) is 5.65 Å². The van der Waals surface area contributed by atoms with E-state index >= 15 is 0 Å². The number of benzene rings is 1. The van der Waals surface area contributed by atoms with Gasteiger partial charge in [0, 0.05) is 24.8 Å². The van der Waals surface area contributed by atoms with E-state index in [0.717, 1.165) is 4.57 Å². The zero-order chi connectivity index (χ0) is 19.4. The first-order chi connectivity index (χ1) is 12.9. The van der Waals surface area contributed by atoms with Gasteiger partial charge in [-0.15, -0.1) is 0 Å². The monoisotopic (exact) mass is 378 g/mol. The number of aromatic nitrogens is 3. The number of alkyl halides is 3. The van der Waals surface area contributed by atoms with Crippen molar-refractivity contribution in [3.8, 4) is 5.75 Å². The van der Waals surface area contributed by atoms with Crippen molar-refractivity contribution >= 4 is 17.1 Å². The molecule has 2 heterocycles. The smallest absolute Gasteiger partial charge is 0.449 e. The molecular weight excluding hydrogens is 361 g/mol. The third-order valence-electron chi connectivity index (χ3n) is 3.81. The van der Waals surface area contributed by atoms with E-state index in [1.807, 2.05) is 6.92 Å². The molecule has 0 bridgehead atoms. The fourth-order valence-corrected chi connectivity index (χ4v) is 2.64. The van der Waals surface area contributed by atoms with Gasteiger partial charge in [0.25, 0.3) is 5.91 Å². The van der Waals surface area contributed by atoms with E-state index < -0.39 is 12.0 Å². The van der Waals surface area contributed by atoms with Crippen LogP contribution in [-0.2, 0) is 12.7 Å². The van der Waals surface area contributed by atoms with E-state index in [0.29, 0.717) is 17.9 Å². The Balaban J connectivity index is 1.70. The van der Waals surface area contributed by atoms with Crippen LogP contribution in [0.5, 0.6) is 5.75 Å². The van der Waals surface area contributed by atoms with E-state index in [1.165, 1.54) is 18.3 Å². The van der Waals surface area contributed by atoms with Gasteiger partial charge in [0.05, 0.1) is 6.61 Å². The number of fused-ring (bicyclic) bond motifs is 1. The lowest BCUT2D eigenvalue weighted by Gasteiger charge is -2.12. The number of carbonyl (C=O) groups is 1. The highest BCUT2D eigenvalue weighted by Gasteiger charge is 2.37. The summed E-state index contributed by atoms with van der Waals surface area (Å²) in [5.74, 6) is -0.782. The maximum absolute atomic E-state index is 13.2. The number of nitrogens with one attached hydrogen (secondary N) is 1. The normalized spacial score (nSPS) is 11.6. The van der Waals surface area contributed by atoms with Crippen molar-refractivity contribution < 1.29 is 22.7 Å². The molecule has 0 aliphatic carbocycles. The van der Waals surface area contributed by atoms with Crippen LogP contribution in [0.2, 0.25) is 0 Å². The highest BCUT2D eigenvalue weighted by molar-refractivity contribution is 5.94. The van der Waals surface area contributed by atoms with Gasteiger partial charge in [0.2, 0.25) is 5.82 Å². The number of hydrogen-bond donors (Lipinski definition) is 1. The number of pyridine rings is 1. The van der Waals surface area contributed by atoms with Crippen LogP contribution in [0.25, 0.3) is 11.2 Å². The molecule has 3 aromatic rings. The van der Waals surface area contributed by atoms with Gasteiger partial charge in [-0.3, -0.25) is 4.79 Å². The van der Waals surface area contributed by atoms with Gasteiger partial charge in [-0.2, -0.15) is 13.2 Å². The number of rotatable bonds is 6.